The van der Waals surface area contributed by atoms with Crippen LogP contribution in [-0.2, 0) is 11.3 Å². The third-order valence-electron chi connectivity index (χ3n) is 2.91. The molecule has 0 aliphatic rings. The minimum atomic E-state index is -0.349. The molecule has 1 aromatic heterocycles. The highest BCUT2D eigenvalue weighted by Gasteiger charge is 2.12. The van der Waals surface area contributed by atoms with Gasteiger partial charge in [0.2, 0.25) is 0 Å². The van der Waals surface area contributed by atoms with Crippen LogP contribution in [0.1, 0.15) is 21.5 Å². The van der Waals surface area contributed by atoms with E-state index in [-0.39, 0.29) is 5.97 Å². The van der Waals surface area contributed by atoms with Gasteiger partial charge in [-0.3, -0.25) is 0 Å². The van der Waals surface area contributed by atoms with E-state index in [0.29, 0.717) is 12.1 Å². The van der Waals surface area contributed by atoms with E-state index >= 15 is 0 Å². The van der Waals surface area contributed by atoms with Gasteiger partial charge in [-0.25, -0.2) is 9.48 Å². The average molecular weight is 271 g/mol. The van der Waals surface area contributed by atoms with Gasteiger partial charge in [-0.1, -0.05) is 18.2 Å². The Morgan fingerprint density at radius 2 is 2.35 bits per heavy atom. The lowest BCUT2D eigenvalue weighted by Crippen LogP contribution is -2.08. The number of carbonyl (C=O) groups excluding carboxylic acids is 1. The third kappa shape index (κ3) is 3.06. The fourth-order valence-electron chi connectivity index (χ4n) is 1.86. The summed E-state index contributed by atoms with van der Waals surface area (Å²) in [5, 5.41) is 7.32. The zero-order valence-electron chi connectivity index (χ0n) is 11.6. The Morgan fingerprint density at radius 1 is 1.55 bits per heavy atom. The van der Waals surface area contributed by atoms with E-state index in [1.54, 1.807) is 23.1 Å². The molecule has 1 aromatic carbocycles. The fourth-order valence-corrected chi connectivity index (χ4v) is 1.86. The van der Waals surface area contributed by atoms with Gasteiger partial charge in [0.25, 0.3) is 0 Å². The molecule has 0 bridgehead atoms. The zero-order valence-corrected chi connectivity index (χ0v) is 11.6. The first-order valence-electron chi connectivity index (χ1n) is 6.22. The first-order valence-corrected chi connectivity index (χ1v) is 6.22. The predicted molar refractivity (Wildman–Crippen MR) is 78.5 cm³/mol. The van der Waals surface area contributed by atoms with Crippen molar-refractivity contribution in [2.45, 2.75) is 13.5 Å². The standard InChI is InChI=1S/C15H17N3O2/c1-4-18-10-12(9-17-18)8-16-14-6-5-11(2)7-13(14)15(19)20-3/h4-7,9-10,16H,1,8H2,2-3H3. The van der Waals surface area contributed by atoms with Crippen molar-refractivity contribution in [3.05, 3.63) is 53.9 Å². The second kappa shape index (κ2) is 6.06. The van der Waals surface area contributed by atoms with Crippen molar-refractivity contribution >= 4 is 17.9 Å². The summed E-state index contributed by atoms with van der Waals surface area (Å²) >= 11 is 0. The van der Waals surface area contributed by atoms with Crippen molar-refractivity contribution in [1.82, 2.24) is 9.78 Å². The van der Waals surface area contributed by atoms with Crippen LogP contribution < -0.4 is 5.32 Å². The molecule has 0 spiro atoms. The number of hydrogen-bond donors (Lipinski definition) is 1. The number of ether oxygens (including phenoxy) is 1. The second-order valence-electron chi connectivity index (χ2n) is 4.41. The molecular weight excluding hydrogens is 254 g/mol. The molecule has 5 heteroatoms. The molecule has 1 heterocycles. The molecule has 0 fully saturated rings. The highest BCUT2D eigenvalue weighted by molar-refractivity contribution is 5.95. The minimum absolute atomic E-state index is 0.349. The molecule has 5 nitrogen and oxygen atoms in total. The Balaban J connectivity index is 2.16. The van der Waals surface area contributed by atoms with Crippen molar-refractivity contribution in [1.29, 1.82) is 0 Å². The molecule has 2 rings (SSSR count). The smallest absolute Gasteiger partial charge is 0.339 e. The fraction of sp³-hybridized carbons (Fsp3) is 0.200. The number of rotatable bonds is 5. The summed E-state index contributed by atoms with van der Waals surface area (Å²) in [5.41, 5.74) is 3.29. The van der Waals surface area contributed by atoms with E-state index in [1.165, 1.54) is 7.11 Å². The number of aromatic nitrogens is 2. The number of carbonyl (C=O) groups is 1. The van der Waals surface area contributed by atoms with Crippen LogP contribution in [0.15, 0.2) is 37.2 Å². The first-order chi connectivity index (χ1) is 9.63. The van der Waals surface area contributed by atoms with Crippen LogP contribution in [0.25, 0.3) is 6.20 Å². The van der Waals surface area contributed by atoms with E-state index in [2.05, 4.69) is 17.0 Å². The SMILES string of the molecule is C=Cn1cc(CNc2ccc(C)cc2C(=O)OC)cn1. The lowest BCUT2D eigenvalue weighted by Gasteiger charge is -2.10. The maximum absolute atomic E-state index is 11.8. The number of hydrogen-bond acceptors (Lipinski definition) is 4. The molecule has 0 radical (unpaired) electrons. The highest BCUT2D eigenvalue weighted by atomic mass is 16.5. The van der Waals surface area contributed by atoms with E-state index in [0.717, 1.165) is 16.8 Å². The Hall–Kier alpha value is -2.56. The van der Waals surface area contributed by atoms with Crippen LogP contribution in [0, 0.1) is 6.92 Å². The number of anilines is 1. The topological polar surface area (TPSA) is 56.2 Å². The van der Waals surface area contributed by atoms with Gasteiger partial charge in [-0.05, 0) is 19.1 Å². The van der Waals surface area contributed by atoms with Crippen LogP contribution in [0.5, 0.6) is 0 Å². The molecule has 0 saturated carbocycles. The molecule has 1 N–H and O–H groups in total. The summed E-state index contributed by atoms with van der Waals surface area (Å²) in [6, 6.07) is 5.63. The van der Waals surface area contributed by atoms with Gasteiger partial charge in [0, 0.05) is 30.2 Å². The quantitative estimate of drug-likeness (QED) is 0.849. The Kier molecular flexibility index (Phi) is 4.20. The molecule has 0 aliphatic carbocycles. The molecule has 0 saturated heterocycles. The molecule has 0 atom stereocenters. The Morgan fingerprint density at radius 3 is 3.00 bits per heavy atom. The maximum atomic E-state index is 11.8. The van der Waals surface area contributed by atoms with Crippen LogP contribution in [0.3, 0.4) is 0 Å². The van der Waals surface area contributed by atoms with Crippen molar-refractivity contribution in [2.75, 3.05) is 12.4 Å². The van der Waals surface area contributed by atoms with Gasteiger partial charge < -0.3 is 10.1 Å². The van der Waals surface area contributed by atoms with E-state index < -0.39 is 0 Å². The minimum Gasteiger partial charge on any atom is -0.465 e. The Bertz CT molecular complexity index is 632. The van der Waals surface area contributed by atoms with Crippen LogP contribution >= 0.6 is 0 Å². The van der Waals surface area contributed by atoms with Gasteiger partial charge in [0.1, 0.15) is 0 Å². The summed E-state index contributed by atoms with van der Waals surface area (Å²) in [6.45, 7) is 6.14. The van der Waals surface area contributed by atoms with Gasteiger partial charge in [0.05, 0.1) is 18.9 Å². The number of aryl methyl sites for hydroxylation is 1. The number of esters is 1. The zero-order chi connectivity index (χ0) is 14.5. The maximum Gasteiger partial charge on any atom is 0.339 e. The molecule has 0 amide bonds. The monoisotopic (exact) mass is 271 g/mol. The van der Waals surface area contributed by atoms with Crippen LogP contribution in [0.2, 0.25) is 0 Å². The van der Waals surface area contributed by atoms with Crippen molar-refractivity contribution in [3.63, 3.8) is 0 Å². The van der Waals surface area contributed by atoms with E-state index in [9.17, 15) is 4.79 Å². The first kappa shape index (κ1) is 13.9. The summed E-state index contributed by atoms with van der Waals surface area (Å²) in [6.07, 6.45) is 5.24. The molecule has 104 valence electrons. The largest absolute Gasteiger partial charge is 0.465 e. The third-order valence-corrected chi connectivity index (χ3v) is 2.91. The van der Waals surface area contributed by atoms with Gasteiger partial charge in [-0.2, -0.15) is 5.10 Å². The normalized spacial score (nSPS) is 10.1. The molecule has 0 aliphatic heterocycles. The summed E-state index contributed by atoms with van der Waals surface area (Å²) in [7, 11) is 1.38. The number of nitrogens with one attached hydrogen (secondary N) is 1. The summed E-state index contributed by atoms with van der Waals surface area (Å²) in [4.78, 5) is 11.8. The predicted octanol–water partition coefficient (Wildman–Crippen LogP) is 2.69. The lowest BCUT2D eigenvalue weighted by atomic mass is 10.1. The average Bonchev–Trinajstić information content (AvgIpc) is 2.93. The van der Waals surface area contributed by atoms with Crippen molar-refractivity contribution in [3.8, 4) is 0 Å². The Labute approximate surface area is 117 Å². The van der Waals surface area contributed by atoms with E-state index in [4.69, 9.17) is 4.74 Å². The van der Waals surface area contributed by atoms with Crippen LogP contribution in [-0.4, -0.2) is 22.9 Å². The second-order valence-corrected chi connectivity index (χ2v) is 4.41. The van der Waals surface area contributed by atoms with Gasteiger partial charge in [0.15, 0.2) is 0 Å². The van der Waals surface area contributed by atoms with Crippen molar-refractivity contribution in [2.24, 2.45) is 0 Å². The lowest BCUT2D eigenvalue weighted by molar-refractivity contribution is 0.0601. The highest BCUT2D eigenvalue weighted by Crippen LogP contribution is 2.19. The number of nitrogens with zero attached hydrogens (tertiary/aromatic N) is 2. The van der Waals surface area contributed by atoms with Gasteiger partial charge in [-0.15, -0.1) is 0 Å². The van der Waals surface area contributed by atoms with E-state index in [1.807, 2.05) is 25.3 Å². The van der Waals surface area contributed by atoms with Crippen molar-refractivity contribution < 1.29 is 9.53 Å². The molecule has 20 heavy (non-hydrogen) atoms. The summed E-state index contributed by atoms with van der Waals surface area (Å²) < 4.78 is 6.43. The summed E-state index contributed by atoms with van der Waals surface area (Å²) in [5.74, 6) is -0.349. The molecule has 0 unspecified atom stereocenters. The van der Waals surface area contributed by atoms with Crippen LogP contribution in [0.4, 0.5) is 5.69 Å². The van der Waals surface area contributed by atoms with Gasteiger partial charge >= 0.3 is 5.97 Å². The number of benzene rings is 1. The number of methoxy groups -OCH3 is 1. The molecular formula is C15H17N3O2. The molecule has 2 aromatic rings.